The van der Waals surface area contributed by atoms with Crippen LogP contribution in [0.5, 0.6) is 5.75 Å². The van der Waals surface area contributed by atoms with Crippen LogP contribution in [0.4, 0.5) is 0 Å². The van der Waals surface area contributed by atoms with Crippen molar-refractivity contribution in [1.82, 2.24) is 14.7 Å². The predicted octanol–water partition coefficient (Wildman–Crippen LogP) is 3.10. The van der Waals surface area contributed by atoms with Crippen LogP contribution in [0.15, 0.2) is 24.3 Å². The molecule has 14 nitrogen and oxygen atoms in total. The highest BCUT2D eigenvalue weighted by Crippen LogP contribution is 2.18. The highest BCUT2D eigenvalue weighted by Gasteiger charge is 2.30. The Morgan fingerprint density at radius 3 is 1.55 bits per heavy atom. The summed E-state index contributed by atoms with van der Waals surface area (Å²) >= 11 is 0. The Bertz CT molecular complexity index is 1230. The third kappa shape index (κ3) is 21.1. The first kappa shape index (κ1) is 43.3. The molecule has 1 aromatic carbocycles. The number of esters is 3. The summed E-state index contributed by atoms with van der Waals surface area (Å²) in [5.74, 6) is -3.39. The minimum absolute atomic E-state index is 0.0281. The second-order valence-corrected chi connectivity index (χ2v) is 14.8. The number of rotatable bonds is 20. The van der Waals surface area contributed by atoms with Gasteiger partial charge in [-0.1, -0.05) is 19.1 Å². The van der Waals surface area contributed by atoms with E-state index in [4.69, 9.17) is 24.1 Å². The normalized spacial score (nSPS) is 12.9. The Morgan fingerprint density at radius 1 is 0.653 bits per heavy atom. The minimum atomic E-state index is -1.14. The lowest BCUT2D eigenvalue weighted by atomic mass is 10.0. The van der Waals surface area contributed by atoms with Gasteiger partial charge in [0.15, 0.2) is 6.61 Å². The number of aliphatic carboxylic acids is 2. The van der Waals surface area contributed by atoms with E-state index in [1.807, 2.05) is 16.7 Å². The quantitative estimate of drug-likeness (QED) is 0.151. The molecule has 0 spiro atoms. The summed E-state index contributed by atoms with van der Waals surface area (Å²) in [6.07, 6.45) is 0.310. The molecule has 1 unspecified atom stereocenters. The average Bonchev–Trinajstić information content (AvgIpc) is 2.90. The smallest absolute Gasteiger partial charge is 0.341 e. The molecule has 49 heavy (non-hydrogen) atoms. The van der Waals surface area contributed by atoms with Crippen LogP contribution in [0.1, 0.15) is 74.8 Å². The van der Waals surface area contributed by atoms with Crippen molar-refractivity contribution in [1.29, 1.82) is 0 Å². The Balaban J connectivity index is 3.51. The molecule has 0 aliphatic rings. The molecule has 0 heterocycles. The molecule has 0 saturated heterocycles. The number of nitrogens with zero attached hydrogens (tertiary/aromatic N) is 3. The van der Waals surface area contributed by atoms with Crippen LogP contribution in [-0.2, 0) is 44.6 Å². The molecule has 0 aliphatic carbocycles. The first-order valence-corrected chi connectivity index (χ1v) is 16.4. The minimum Gasteiger partial charge on any atom is -0.482 e. The highest BCUT2D eigenvalue weighted by molar-refractivity contribution is 5.74. The monoisotopic (exact) mass is 695 g/mol. The fraction of sp³-hybridized carbons (Fsp3) is 0.686. The number of likely N-dealkylation sites (N-methyl/N-ethyl adjacent to an activating group) is 1. The number of carboxylic acid groups (broad SMARTS) is 2. The number of hydrogen-bond donors (Lipinski definition) is 2. The number of hydrogen-bond acceptors (Lipinski definition) is 12. The molecule has 2 N–H and O–H groups in total. The lowest BCUT2D eigenvalue weighted by molar-refractivity contribution is -0.159. The fourth-order valence-electron chi connectivity index (χ4n) is 4.78. The molecular formula is C35H57N3O11. The zero-order valence-electron chi connectivity index (χ0n) is 30.9. The van der Waals surface area contributed by atoms with Crippen molar-refractivity contribution in [2.24, 2.45) is 0 Å². The predicted molar refractivity (Wildman–Crippen MR) is 182 cm³/mol. The Labute approximate surface area is 290 Å². The van der Waals surface area contributed by atoms with Gasteiger partial charge in [0, 0.05) is 25.7 Å². The van der Waals surface area contributed by atoms with Crippen LogP contribution < -0.4 is 4.74 Å². The molecule has 14 heteroatoms. The molecule has 0 bridgehead atoms. The van der Waals surface area contributed by atoms with E-state index < -0.39 is 59.9 Å². The van der Waals surface area contributed by atoms with Gasteiger partial charge in [-0.2, -0.15) is 0 Å². The maximum atomic E-state index is 13.2. The second-order valence-electron chi connectivity index (χ2n) is 14.8. The summed E-state index contributed by atoms with van der Waals surface area (Å²) < 4.78 is 21.9. The molecule has 0 saturated carbocycles. The van der Waals surface area contributed by atoms with Crippen LogP contribution in [-0.4, -0.2) is 137 Å². The van der Waals surface area contributed by atoms with Crippen molar-refractivity contribution >= 4 is 29.8 Å². The number of carbonyl (C=O) groups is 5. The van der Waals surface area contributed by atoms with Gasteiger partial charge in [-0.3, -0.25) is 33.9 Å². The van der Waals surface area contributed by atoms with Crippen molar-refractivity contribution in [2.75, 3.05) is 59.0 Å². The SMILES string of the molecule is CCN(CCN(CC(=O)OC(C)(C)C)C(Cc1ccc(OCC(=O)O)cc1)CN(CC(=O)O)CC(=O)OC(C)(C)C)CC(=O)OC(C)(C)C. The average molecular weight is 696 g/mol. The molecule has 0 aliphatic heterocycles. The molecule has 1 aromatic rings. The van der Waals surface area contributed by atoms with Gasteiger partial charge in [-0.25, -0.2) is 4.79 Å². The standard InChI is InChI=1S/C35H57N3O11/c1-11-36(21-30(43)47-33(2,3)4)16-17-38(23-32(45)49-35(8,9)10)26(18-25-12-14-27(15-13-25)46-24-29(41)42)19-37(20-28(39)40)22-31(44)48-34(5,6)7/h12-15,26H,11,16-24H2,1-10H3,(H,39,40)(H,41,42). The van der Waals surface area contributed by atoms with Crippen molar-refractivity contribution in [3.8, 4) is 5.75 Å². The van der Waals surface area contributed by atoms with Crippen molar-refractivity contribution in [2.45, 2.75) is 98.5 Å². The van der Waals surface area contributed by atoms with Crippen LogP contribution in [0.2, 0.25) is 0 Å². The zero-order valence-corrected chi connectivity index (χ0v) is 30.9. The summed E-state index contributed by atoms with van der Waals surface area (Å²) in [5, 5.41) is 18.7. The summed E-state index contributed by atoms with van der Waals surface area (Å²) in [5.41, 5.74) is -1.41. The first-order chi connectivity index (χ1) is 22.4. The van der Waals surface area contributed by atoms with Gasteiger partial charge in [-0.05, 0) is 93.0 Å². The van der Waals surface area contributed by atoms with E-state index in [0.29, 0.717) is 25.3 Å². The third-order valence-electron chi connectivity index (χ3n) is 6.55. The molecule has 0 amide bonds. The van der Waals surface area contributed by atoms with Crippen LogP contribution in [0.3, 0.4) is 0 Å². The Hall–Kier alpha value is -3.75. The lowest BCUT2D eigenvalue weighted by Gasteiger charge is -2.36. The molecule has 1 atom stereocenters. The van der Waals surface area contributed by atoms with E-state index in [0.717, 1.165) is 5.56 Å². The van der Waals surface area contributed by atoms with Gasteiger partial charge in [0.25, 0.3) is 0 Å². The fourth-order valence-corrected chi connectivity index (χ4v) is 4.78. The van der Waals surface area contributed by atoms with Crippen molar-refractivity contribution < 1.29 is 53.1 Å². The molecule has 0 radical (unpaired) electrons. The summed E-state index contributed by atoms with van der Waals surface area (Å²) in [6, 6.07) is 6.24. The summed E-state index contributed by atoms with van der Waals surface area (Å²) in [7, 11) is 0. The molecule has 1 rings (SSSR count). The molecule has 0 aromatic heterocycles. The maximum Gasteiger partial charge on any atom is 0.341 e. The van der Waals surface area contributed by atoms with E-state index in [2.05, 4.69) is 0 Å². The summed E-state index contributed by atoms with van der Waals surface area (Å²) in [4.78, 5) is 66.8. The number of benzene rings is 1. The van der Waals surface area contributed by atoms with Crippen LogP contribution in [0.25, 0.3) is 0 Å². The van der Waals surface area contributed by atoms with Crippen LogP contribution >= 0.6 is 0 Å². The molecular weight excluding hydrogens is 638 g/mol. The van der Waals surface area contributed by atoms with Gasteiger partial charge in [0.1, 0.15) is 22.6 Å². The Morgan fingerprint density at radius 2 is 1.12 bits per heavy atom. The third-order valence-corrected chi connectivity index (χ3v) is 6.55. The van der Waals surface area contributed by atoms with E-state index >= 15 is 0 Å². The second kappa shape index (κ2) is 19.4. The van der Waals surface area contributed by atoms with Gasteiger partial charge in [0.05, 0.1) is 26.2 Å². The maximum absolute atomic E-state index is 13.2. The van der Waals surface area contributed by atoms with Gasteiger partial charge < -0.3 is 29.2 Å². The highest BCUT2D eigenvalue weighted by atomic mass is 16.6. The Kier molecular flexibility index (Phi) is 17.2. The van der Waals surface area contributed by atoms with E-state index in [1.54, 1.807) is 86.6 Å². The number of ether oxygens (including phenoxy) is 4. The lowest BCUT2D eigenvalue weighted by Crippen LogP contribution is -2.52. The largest absolute Gasteiger partial charge is 0.482 e. The number of carbonyl (C=O) groups excluding carboxylic acids is 3. The van der Waals surface area contributed by atoms with Crippen molar-refractivity contribution in [3.05, 3.63) is 29.8 Å². The zero-order chi connectivity index (χ0) is 37.6. The van der Waals surface area contributed by atoms with Crippen LogP contribution in [0, 0.1) is 0 Å². The summed E-state index contributed by atoms with van der Waals surface area (Å²) in [6.45, 7) is 17.6. The van der Waals surface area contributed by atoms with Gasteiger partial charge in [-0.15, -0.1) is 0 Å². The van der Waals surface area contributed by atoms with Crippen molar-refractivity contribution in [3.63, 3.8) is 0 Å². The van der Waals surface area contributed by atoms with E-state index in [1.165, 1.54) is 4.90 Å². The van der Waals surface area contributed by atoms with Gasteiger partial charge >= 0.3 is 29.8 Å². The topological polar surface area (TPSA) is 172 Å². The number of carboxylic acids is 2. The van der Waals surface area contributed by atoms with E-state index in [9.17, 15) is 29.1 Å². The van der Waals surface area contributed by atoms with Gasteiger partial charge in [0.2, 0.25) is 0 Å². The van der Waals surface area contributed by atoms with E-state index in [-0.39, 0.29) is 38.7 Å². The molecule has 278 valence electrons. The first-order valence-electron chi connectivity index (χ1n) is 16.4. The molecule has 0 fully saturated rings.